The van der Waals surface area contributed by atoms with Gasteiger partial charge in [-0.3, -0.25) is 4.79 Å². The highest BCUT2D eigenvalue weighted by atomic mass is 32.1. The first-order valence-corrected chi connectivity index (χ1v) is 8.18. The second-order valence-electron chi connectivity index (χ2n) is 5.76. The van der Waals surface area contributed by atoms with Crippen LogP contribution in [-0.2, 0) is 17.8 Å². The predicted molar refractivity (Wildman–Crippen MR) is 78.3 cm³/mol. The molecule has 4 heteroatoms. The van der Waals surface area contributed by atoms with Gasteiger partial charge in [-0.25, -0.2) is 0 Å². The number of carbonyl (C=O) groups is 1. The lowest BCUT2D eigenvalue weighted by Gasteiger charge is -2.40. The van der Waals surface area contributed by atoms with Crippen LogP contribution in [0.15, 0.2) is 11.4 Å². The highest BCUT2D eigenvalue weighted by molar-refractivity contribution is 7.10. The van der Waals surface area contributed by atoms with Crippen molar-refractivity contribution in [2.45, 2.75) is 39.2 Å². The molecule has 1 aromatic rings. The first-order chi connectivity index (χ1) is 9.25. The van der Waals surface area contributed by atoms with Gasteiger partial charge in [-0.2, -0.15) is 0 Å². The maximum absolute atomic E-state index is 12.9. The number of piperidine rings is 1. The average molecular weight is 278 g/mol. The molecule has 3 heterocycles. The van der Waals surface area contributed by atoms with E-state index in [0.29, 0.717) is 5.91 Å². The number of fused-ring (bicyclic) bond motifs is 1. The molecule has 1 fully saturated rings. The number of hydrogen-bond donors (Lipinski definition) is 1. The molecule has 0 aromatic carbocycles. The minimum absolute atomic E-state index is 0.147. The number of carbonyl (C=O) groups excluding carboxylic acids is 1. The van der Waals surface area contributed by atoms with Crippen LogP contribution < -0.4 is 5.32 Å². The zero-order valence-corrected chi connectivity index (χ0v) is 12.4. The molecule has 1 aromatic heterocycles. The number of nitrogens with one attached hydrogen (secondary N) is 1. The Balaban J connectivity index is 1.77. The lowest BCUT2D eigenvalue weighted by atomic mass is 9.76. The Labute approximate surface area is 119 Å². The van der Waals surface area contributed by atoms with Crippen molar-refractivity contribution < 1.29 is 4.79 Å². The van der Waals surface area contributed by atoms with Crippen molar-refractivity contribution in [2.75, 3.05) is 19.6 Å². The van der Waals surface area contributed by atoms with Crippen LogP contribution in [-0.4, -0.2) is 30.4 Å². The molecule has 3 rings (SSSR count). The van der Waals surface area contributed by atoms with Crippen molar-refractivity contribution in [1.29, 1.82) is 0 Å². The van der Waals surface area contributed by atoms with Gasteiger partial charge in [0.05, 0.1) is 5.41 Å². The molecule has 0 aliphatic carbocycles. The van der Waals surface area contributed by atoms with E-state index >= 15 is 0 Å². The van der Waals surface area contributed by atoms with Gasteiger partial charge in [0.1, 0.15) is 0 Å². The number of thiophene rings is 1. The van der Waals surface area contributed by atoms with Crippen LogP contribution >= 0.6 is 11.3 Å². The summed E-state index contributed by atoms with van der Waals surface area (Å²) in [6.45, 7) is 5.79. The van der Waals surface area contributed by atoms with Crippen molar-refractivity contribution in [1.82, 2.24) is 10.2 Å². The molecular weight excluding hydrogens is 256 g/mol. The number of hydrogen-bond acceptors (Lipinski definition) is 3. The Bertz CT molecular complexity index is 462. The second-order valence-corrected chi connectivity index (χ2v) is 6.76. The van der Waals surface area contributed by atoms with Crippen LogP contribution in [0, 0.1) is 5.41 Å². The third kappa shape index (κ3) is 2.32. The zero-order valence-electron chi connectivity index (χ0n) is 11.6. The van der Waals surface area contributed by atoms with Gasteiger partial charge in [0.25, 0.3) is 0 Å². The Morgan fingerprint density at radius 1 is 1.58 bits per heavy atom. The van der Waals surface area contributed by atoms with E-state index < -0.39 is 0 Å². The summed E-state index contributed by atoms with van der Waals surface area (Å²) in [5.41, 5.74) is 1.21. The van der Waals surface area contributed by atoms with Crippen molar-refractivity contribution >= 4 is 17.2 Å². The van der Waals surface area contributed by atoms with E-state index in [4.69, 9.17) is 0 Å². The van der Waals surface area contributed by atoms with Crippen molar-refractivity contribution in [2.24, 2.45) is 5.41 Å². The second kappa shape index (κ2) is 5.25. The smallest absolute Gasteiger partial charge is 0.230 e. The maximum atomic E-state index is 12.9. The summed E-state index contributed by atoms with van der Waals surface area (Å²) in [6, 6.07) is 2.18. The van der Waals surface area contributed by atoms with E-state index in [1.807, 2.05) is 11.3 Å². The molecule has 2 aliphatic heterocycles. The zero-order chi connectivity index (χ0) is 13.3. The van der Waals surface area contributed by atoms with Gasteiger partial charge in [-0.05, 0) is 49.2 Å². The van der Waals surface area contributed by atoms with Gasteiger partial charge in [-0.1, -0.05) is 6.92 Å². The van der Waals surface area contributed by atoms with Crippen molar-refractivity contribution in [3.05, 3.63) is 21.9 Å². The van der Waals surface area contributed by atoms with E-state index in [9.17, 15) is 4.79 Å². The fourth-order valence-corrected chi connectivity index (χ4v) is 4.25. The molecule has 0 spiro atoms. The summed E-state index contributed by atoms with van der Waals surface area (Å²) >= 11 is 1.83. The molecule has 19 heavy (non-hydrogen) atoms. The largest absolute Gasteiger partial charge is 0.337 e. The van der Waals surface area contributed by atoms with Crippen molar-refractivity contribution in [3.8, 4) is 0 Å². The highest BCUT2D eigenvalue weighted by Crippen LogP contribution is 2.34. The summed E-state index contributed by atoms with van der Waals surface area (Å²) < 4.78 is 0. The topological polar surface area (TPSA) is 32.3 Å². The minimum atomic E-state index is -0.147. The van der Waals surface area contributed by atoms with Crippen molar-refractivity contribution in [3.63, 3.8) is 0 Å². The van der Waals surface area contributed by atoms with Crippen LogP contribution in [0.1, 0.15) is 36.6 Å². The SMILES string of the molecule is CCC1(C(=O)N2CCc3sccc3C2)CCCNC1. The Morgan fingerprint density at radius 3 is 3.21 bits per heavy atom. The molecular formula is C15H22N2OS. The molecule has 0 radical (unpaired) electrons. The highest BCUT2D eigenvalue weighted by Gasteiger charge is 2.41. The van der Waals surface area contributed by atoms with Crippen LogP contribution in [0.5, 0.6) is 0 Å². The summed E-state index contributed by atoms with van der Waals surface area (Å²) in [5.74, 6) is 0.374. The summed E-state index contributed by atoms with van der Waals surface area (Å²) in [4.78, 5) is 16.5. The molecule has 3 nitrogen and oxygen atoms in total. The van der Waals surface area contributed by atoms with Gasteiger partial charge in [-0.15, -0.1) is 11.3 Å². The summed E-state index contributed by atoms with van der Waals surface area (Å²) in [5, 5.41) is 5.56. The van der Waals surface area contributed by atoms with Gasteiger partial charge in [0.15, 0.2) is 0 Å². The fraction of sp³-hybridized carbons (Fsp3) is 0.667. The number of rotatable bonds is 2. The molecule has 104 valence electrons. The number of nitrogens with zero attached hydrogens (tertiary/aromatic N) is 1. The van der Waals surface area contributed by atoms with E-state index in [2.05, 4.69) is 28.6 Å². The lowest BCUT2D eigenvalue weighted by molar-refractivity contribution is -0.144. The molecule has 1 amide bonds. The molecule has 0 bridgehead atoms. The van der Waals surface area contributed by atoms with Crippen LogP contribution in [0.25, 0.3) is 0 Å². The van der Waals surface area contributed by atoms with E-state index in [1.54, 1.807) is 0 Å². The monoisotopic (exact) mass is 278 g/mol. The summed E-state index contributed by atoms with van der Waals surface area (Å²) in [7, 11) is 0. The molecule has 1 saturated heterocycles. The molecule has 1 unspecified atom stereocenters. The van der Waals surface area contributed by atoms with Gasteiger partial charge in [0, 0.05) is 24.5 Å². The molecule has 2 aliphatic rings. The fourth-order valence-electron chi connectivity index (χ4n) is 3.36. The molecule has 1 N–H and O–H groups in total. The van der Waals surface area contributed by atoms with E-state index in [0.717, 1.165) is 51.9 Å². The standard InChI is InChI=1S/C15H22N2OS/c1-2-15(6-3-7-16-11-15)14(18)17-8-4-13-12(10-17)5-9-19-13/h5,9,16H,2-4,6-8,10-11H2,1H3. The Morgan fingerprint density at radius 2 is 2.47 bits per heavy atom. The van der Waals surface area contributed by atoms with Crippen LogP contribution in [0.4, 0.5) is 0 Å². The summed E-state index contributed by atoms with van der Waals surface area (Å²) in [6.07, 6.45) is 4.15. The third-order valence-corrected chi connectivity index (χ3v) is 5.72. The van der Waals surface area contributed by atoms with Crippen LogP contribution in [0.3, 0.4) is 0 Å². The van der Waals surface area contributed by atoms with E-state index in [-0.39, 0.29) is 5.41 Å². The van der Waals surface area contributed by atoms with Crippen LogP contribution in [0.2, 0.25) is 0 Å². The predicted octanol–water partition coefficient (Wildman–Crippen LogP) is 2.41. The Kier molecular flexibility index (Phi) is 3.63. The molecule has 0 saturated carbocycles. The average Bonchev–Trinajstić information content (AvgIpc) is 2.94. The maximum Gasteiger partial charge on any atom is 0.230 e. The first-order valence-electron chi connectivity index (χ1n) is 7.30. The Hall–Kier alpha value is -0.870. The van der Waals surface area contributed by atoms with E-state index in [1.165, 1.54) is 10.4 Å². The number of amides is 1. The quantitative estimate of drug-likeness (QED) is 0.901. The minimum Gasteiger partial charge on any atom is -0.337 e. The van der Waals surface area contributed by atoms with Gasteiger partial charge < -0.3 is 10.2 Å². The first kappa shape index (κ1) is 13.1. The molecule has 1 atom stereocenters. The third-order valence-electron chi connectivity index (χ3n) is 4.70. The van der Waals surface area contributed by atoms with Gasteiger partial charge >= 0.3 is 0 Å². The lowest BCUT2D eigenvalue weighted by Crippen LogP contribution is -2.52. The normalized spacial score (nSPS) is 27.1. The van der Waals surface area contributed by atoms with Gasteiger partial charge in [0.2, 0.25) is 5.91 Å².